The summed E-state index contributed by atoms with van der Waals surface area (Å²) in [4.78, 5) is 24.7. The molecule has 6 heteroatoms. The van der Waals surface area contributed by atoms with Gasteiger partial charge in [0.2, 0.25) is 5.91 Å². The number of hydrogen-bond donors (Lipinski definition) is 0. The molecule has 0 radical (unpaired) electrons. The van der Waals surface area contributed by atoms with Crippen LogP contribution in [0.1, 0.15) is 24.8 Å². The molecule has 1 aromatic carbocycles. The van der Waals surface area contributed by atoms with Gasteiger partial charge in [0.05, 0.1) is 11.5 Å². The predicted molar refractivity (Wildman–Crippen MR) is 85.8 cm³/mol. The van der Waals surface area contributed by atoms with Crippen LogP contribution < -0.4 is 0 Å². The third-order valence-electron chi connectivity index (χ3n) is 4.25. The average Bonchev–Trinajstić information content (AvgIpc) is 3.26. The molecule has 1 saturated carbocycles. The van der Waals surface area contributed by atoms with Crippen molar-refractivity contribution in [2.75, 3.05) is 19.8 Å². The molecule has 1 heterocycles. The molecule has 1 saturated heterocycles. The van der Waals surface area contributed by atoms with Crippen molar-refractivity contribution in [2.45, 2.75) is 25.3 Å². The summed E-state index contributed by atoms with van der Waals surface area (Å²) in [5.74, 6) is 0.400. The van der Waals surface area contributed by atoms with Gasteiger partial charge >= 0.3 is 0 Å². The number of hydrogen-bond acceptors (Lipinski definition) is 4. The molecule has 1 amide bonds. The van der Waals surface area contributed by atoms with E-state index in [1.165, 1.54) is 18.2 Å². The fourth-order valence-corrected chi connectivity index (χ4v) is 2.82. The normalized spacial score (nSPS) is 20.8. The Bertz CT molecular complexity index is 619. The number of carbonyl (C=O) groups is 1. The highest BCUT2D eigenvalue weighted by Gasteiger charge is 2.33. The molecule has 2 fully saturated rings. The van der Waals surface area contributed by atoms with E-state index < -0.39 is 4.92 Å². The molecule has 0 spiro atoms. The lowest BCUT2D eigenvalue weighted by atomic mass is 10.1. The molecule has 3 rings (SSSR count). The molecule has 1 aromatic rings. The molecule has 1 aliphatic carbocycles. The zero-order valence-electron chi connectivity index (χ0n) is 12.9. The Hall–Kier alpha value is -2.21. The first-order valence-corrected chi connectivity index (χ1v) is 7.94. The van der Waals surface area contributed by atoms with Crippen molar-refractivity contribution in [2.24, 2.45) is 5.92 Å². The summed E-state index contributed by atoms with van der Waals surface area (Å²) >= 11 is 0. The smallest absolute Gasteiger partial charge is 0.270 e. The Morgan fingerprint density at radius 2 is 2.22 bits per heavy atom. The monoisotopic (exact) mass is 316 g/mol. The lowest BCUT2D eigenvalue weighted by molar-refractivity contribution is -0.384. The van der Waals surface area contributed by atoms with Crippen LogP contribution in [0.15, 0.2) is 30.3 Å². The summed E-state index contributed by atoms with van der Waals surface area (Å²) in [6, 6.07) is 6.63. The number of nitro groups is 1. The standard InChI is InChI=1S/C17H20N2O4/c20-17(7-4-13-2-1-3-16(10-13)19(21)22)18(15-5-6-15)11-14-8-9-23-12-14/h1-4,7,10,14-15H,5-6,8-9,11-12H2/b7-4+/t14-/m1/s1. The Morgan fingerprint density at radius 3 is 2.87 bits per heavy atom. The van der Waals surface area contributed by atoms with Gasteiger partial charge in [-0.3, -0.25) is 14.9 Å². The molecule has 0 bridgehead atoms. The quantitative estimate of drug-likeness (QED) is 0.459. The number of nitrogens with zero attached hydrogens (tertiary/aromatic N) is 2. The Morgan fingerprint density at radius 1 is 1.39 bits per heavy atom. The zero-order valence-corrected chi connectivity index (χ0v) is 12.9. The SMILES string of the molecule is O=C(/C=C/c1cccc([N+](=O)[O-])c1)N(C[C@H]1CCOC1)C1CC1. The van der Waals surface area contributed by atoms with Gasteiger partial charge in [0.25, 0.3) is 5.69 Å². The first-order chi connectivity index (χ1) is 11.1. The minimum atomic E-state index is -0.435. The van der Waals surface area contributed by atoms with Crippen LogP contribution in [-0.2, 0) is 9.53 Å². The zero-order chi connectivity index (χ0) is 16.2. The minimum absolute atomic E-state index is 0.0223. The van der Waals surface area contributed by atoms with Crippen molar-refractivity contribution in [3.05, 3.63) is 46.0 Å². The fourth-order valence-electron chi connectivity index (χ4n) is 2.82. The van der Waals surface area contributed by atoms with Crippen LogP contribution in [-0.4, -0.2) is 41.5 Å². The maximum absolute atomic E-state index is 12.5. The molecule has 0 aromatic heterocycles. The van der Waals surface area contributed by atoms with Crippen LogP contribution in [0.2, 0.25) is 0 Å². The topological polar surface area (TPSA) is 72.7 Å². The summed E-state index contributed by atoms with van der Waals surface area (Å²) < 4.78 is 5.38. The van der Waals surface area contributed by atoms with E-state index in [0.29, 0.717) is 17.5 Å². The second kappa shape index (κ2) is 6.91. The second-order valence-corrected chi connectivity index (χ2v) is 6.14. The van der Waals surface area contributed by atoms with E-state index in [2.05, 4.69) is 0 Å². The maximum atomic E-state index is 12.5. The van der Waals surface area contributed by atoms with Crippen molar-refractivity contribution in [1.29, 1.82) is 0 Å². The first kappa shape index (κ1) is 15.7. The Labute approximate surface area is 134 Å². The van der Waals surface area contributed by atoms with Crippen molar-refractivity contribution in [1.82, 2.24) is 4.90 Å². The number of non-ortho nitro benzene ring substituents is 1. The van der Waals surface area contributed by atoms with Crippen LogP contribution in [0.25, 0.3) is 6.08 Å². The third kappa shape index (κ3) is 4.16. The molecule has 1 atom stereocenters. The van der Waals surface area contributed by atoms with E-state index in [-0.39, 0.29) is 11.6 Å². The molecular weight excluding hydrogens is 296 g/mol. The van der Waals surface area contributed by atoms with Gasteiger partial charge in [0, 0.05) is 43.3 Å². The molecule has 122 valence electrons. The summed E-state index contributed by atoms with van der Waals surface area (Å²) in [7, 11) is 0. The summed E-state index contributed by atoms with van der Waals surface area (Å²) in [5.41, 5.74) is 0.689. The predicted octanol–water partition coefficient (Wildman–Crippen LogP) is 2.64. The summed E-state index contributed by atoms with van der Waals surface area (Å²) in [6.07, 6.45) is 6.29. The molecule has 23 heavy (non-hydrogen) atoms. The van der Waals surface area contributed by atoms with E-state index in [0.717, 1.165) is 39.0 Å². The van der Waals surface area contributed by atoms with E-state index in [9.17, 15) is 14.9 Å². The highest BCUT2D eigenvalue weighted by molar-refractivity contribution is 5.92. The van der Waals surface area contributed by atoms with Gasteiger partial charge in [-0.1, -0.05) is 12.1 Å². The second-order valence-electron chi connectivity index (χ2n) is 6.14. The number of nitro benzene ring substituents is 1. The summed E-state index contributed by atoms with van der Waals surface area (Å²) in [5, 5.41) is 10.8. The van der Waals surface area contributed by atoms with Crippen LogP contribution in [0.3, 0.4) is 0 Å². The van der Waals surface area contributed by atoms with Gasteiger partial charge in [-0.2, -0.15) is 0 Å². The molecule has 0 unspecified atom stereocenters. The van der Waals surface area contributed by atoms with Crippen molar-refractivity contribution in [3.8, 4) is 0 Å². The van der Waals surface area contributed by atoms with Crippen LogP contribution in [0.4, 0.5) is 5.69 Å². The number of rotatable bonds is 6. The molecule has 6 nitrogen and oxygen atoms in total. The number of benzene rings is 1. The highest BCUT2D eigenvalue weighted by atomic mass is 16.6. The van der Waals surface area contributed by atoms with Gasteiger partial charge in [0.15, 0.2) is 0 Å². The Balaban J connectivity index is 1.65. The van der Waals surface area contributed by atoms with Gasteiger partial charge in [-0.25, -0.2) is 0 Å². The molecule has 1 aliphatic heterocycles. The number of carbonyl (C=O) groups excluding carboxylic acids is 1. The largest absolute Gasteiger partial charge is 0.381 e. The van der Waals surface area contributed by atoms with Gasteiger partial charge in [-0.05, 0) is 30.9 Å². The fraction of sp³-hybridized carbons (Fsp3) is 0.471. The van der Waals surface area contributed by atoms with Gasteiger partial charge in [0.1, 0.15) is 0 Å². The molecular formula is C17H20N2O4. The minimum Gasteiger partial charge on any atom is -0.381 e. The Kier molecular flexibility index (Phi) is 4.71. The van der Waals surface area contributed by atoms with Gasteiger partial charge in [-0.15, -0.1) is 0 Å². The van der Waals surface area contributed by atoms with E-state index in [4.69, 9.17) is 4.74 Å². The van der Waals surface area contributed by atoms with E-state index >= 15 is 0 Å². The van der Waals surface area contributed by atoms with E-state index in [1.807, 2.05) is 4.90 Å². The van der Waals surface area contributed by atoms with Crippen molar-refractivity contribution >= 4 is 17.7 Å². The first-order valence-electron chi connectivity index (χ1n) is 7.94. The van der Waals surface area contributed by atoms with Gasteiger partial charge < -0.3 is 9.64 Å². The number of ether oxygens (including phenoxy) is 1. The molecule has 0 N–H and O–H groups in total. The van der Waals surface area contributed by atoms with Crippen LogP contribution in [0, 0.1) is 16.0 Å². The summed E-state index contributed by atoms with van der Waals surface area (Å²) in [6.45, 7) is 2.24. The number of amides is 1. The maximum Gasteiger partial charge on any atom is 0.270 e. The van der Waals surface area contributed by atoms with Crippen molar-refractivity contribution in [3.63, 3.8) is 0 Å². The lowest BCUT2D eigenvalue weighted by Crippen LogP contribution is -2.36. The lowest BCUT2D eigenvalue weighted by Gasteiger charge is -2.23. The third-order valence-corrected chi connectivity index (χ3v) is 4.25. The van der Waals surface area contributed by atoms with Crippen molar-refractivity contribution < 1.29 is 14.5 Å². The molecule has 2 aliphatic rings. The van der Waals surface area contributed by atoms with Crippen LogP contribution in [0.5, 0.6) is 0 Å². The average molecular weight is 316 g/mol. The van der Waals surface area contributed by atoms with E-state index in [1.54, 1.807) is 18.2 Å². The van der Waals surface area contributed by atoms with Crippen LogP contribution >= 0.6 is 0 Å². The highest BCUT2D eigenvalue weighted by Crippen LogP contribution is 2.29.